The molecule has 0 aliphatic heterocycles. The SMILES string of the molecule is CCOC(=O)[C@H]1C2CCC(CC2)[C@@H]1Nc1nc(Cl)nn2c(C(=O)O)ccc12. The van der Waals surface area contributed by atoms with Gasteiger partial charge in [-0.05, 0) is 68.2 Å². The molecule has 2 heterocycles. The summed E-state index contributed by atoms with van der Waals surface area (Å²) in [5, 5.41) is 16.7. The lowest BCUT2D eigenvalue weighted by Crippen LogP contribution is -2.52. The average Bonchev–Trinajstić information content (AvgIpc) is 3.07. The van der Waals surface area contributed by atoms with Crippen LogP contribution < -0.4 is 5.32 Å². The number of rotatable bonds is 5. The number of hydrogen-bond donors (Lipinski definition) is 2. The maximum atomic E-state index is 12.6. The molecule has 3 aliphatic carbocycles. The van der Waals surface area contributed by atoms with Gasteiger partial charge in [0.2, 0.25) is 5.28 Å². The van der Waals surface area contributed by atoms with Crippen molar-refractivity contribution in [2.24, 2.45) is 17.8 Å². The van der Waals surface area contributed by atoms with E-state index in [9.17, 15) is 14.7 Å². The number of carbonyl (C=O) groups is 2. The van der Waals surface area contributed by atoms with Crippen LogP contribution in [0.1, 0.15) is 43.1 Å². The van der Waals surface area contributed by atoms with Gasteiger partial charge in [-0.2, -0.15) is 4.98 Å². The molecule has 2 aromatic rings. The smallest absolute Gasteiger partial charge is 0.354 e. The van der Waals surface area contributed by atoms with Crippen LogP contribution in [0.3, 0.4) is 0 Å². The molecule has 2 N–H and O–H groups in total. The summed E-state index contributed by atoms with van der Waals surface area (Å²) in [7, 11) is 0. The summed E-state index contributed by atoms with van der Waals surface area (Å²) < 4.78 is 6.59. The second-order valence-electron chi connectivity index (χ2n) is 7.17. The molecular formula is C18H21ClN4O4. The number of nitrogens with one attached hydrogen (secondary N) is 1. The fourth-order valence-corrected chi connectivity index (χ4v) is 4.79. The maximum Gasteiger partial charge on any atom is 0.354 e. The first-order valence-electron chi connectivity index (χ1n) is 9.21. The molecule has 3 saturated carbocycles. The van der Waals surface area contributed by atoms with Gasteiger partial charge in [-0.1, -0.05) is 0 Å². The third kappa shape index (κ3) is 3.12. The lowest BCUT2D eigenvalue weighted by molar-refractivity contribution is -0.154. The van der Waals surface area contributed by atoms with Gasteiger partial charge in [0.15, 0.2) is 11.5 Å². The molecule has 3 fully saturated rings. The molecule has 0 radical (unpaired) electrons. The molecule has 0 saturated heterocycles. The van der Waals surface area contributed by atoms with E-state index in [1.54, 1.807) is 6.07 Å². The number of carbonyl (C=O) groups excluding carboxylic acids is 1. The number of anilines is 1. The van der Waals surface area contributed by atoms with Crippen molar-refractivity contribution in [3.05, 3.63) is 23.1 Å². The molecule has 0 unspecified atom stereocenters. The number of hydrogen-bond acceptors (Lipinski definition) is 6. The molecule has 27 heavy (non-hydrogen) atoms. The Morgan fingerprint density at radius 3 is 2.67 bits per heavy atom. The van der Waals surface area contributed by atoms with E-state index >= 15 is 0 Å². The first kappa shape index (κ1) is 18.0. The summed E-state index contributed by atoms with van der Waals surface area (Å²) >= 11 is 6.04. The minimum atomic E-state index is -1.10. The summed E-state index contributed by atoms with van der Waals surface area (Å²) in [5.74, 6) is -0.443. The predicted octanol–water partition coefficient (Wildman–Crippen LogP) is 2.86. The minimum Gasteiger partial charge on any atom is -0.477 e. The van der Waals surface area contributed by atoms with E-state index in [-0.39, 0.29) is 28.9 Å². The second-order valence-corrected chi connectivity index (χ2v) is 7.51. The lowest BCUT2D eigenvalue weighted by Gasteiger charge is -2.47. The van der Waals surface area contributed by atoms with Gasteiger partial charge in [0, 0.05) is 6.04 Å². The topological polar surface area (TPSA) is 106 Å². The molecule has 8 nitrogen and oxygen atoms in total. The highest BCUT2D eigenvalue weighted by molar-refractivity contribution is 6.28. The van der Waals surface area contributed by atoms with E-state index in [2.05, 4.69) is 15.4 Å². The van der Waals surface area contributed by atoms with Crippen molar-refractivity contribution in [1.82, 2.24) is 14.6 Å². The normalized spacial score (nSPS) is 26.9. The van der Waals surface area contributed by atoms with Crippen LogP contribution in [0.5, 0.6) is 0 Å². The first-order valence-corrected chi connectivity index (χ1v) is 9.59. The maximum absolute atomic E-state index is 12.6. The zero-order valence-corrected chi connectivity index (χ0v) is 15.6. The van der Waals surface area contributed by atoms with Crippen molar-refractivity contribution < 1.29 is 19.4 Å². The number of aromatic nitrogens is 3. The number of aromatic carboxylic acids is 1. The zero-order chi connectivity index (χ0) is 19.1. The molecular weight excluding hydrogens is 372 g/mol. The summed E-state index contributed by atoms with van der Waals surface area (Å²) in [4.78, 5) is 28.3. The van der Waals surface area contributed by atoms with E-state index < -0.39 is 5.97 Å². The molecule has 144 valence electrons. The van der Waals surface area contributed by atoms with E-state index in [4.69, 9.17) is 16.3 Å². The van der Waals surface area contributed by atoms with Gasteiger partial charge >= 0.3 is 11.9 Å². The van der Waals surface area contributed by atoms with E-state index in [1.165, 1.54) is 10.6 Å². The van der Waals surface area contributed by atoms with Crippen LogP contribution in [0.15, 0.2) is 12.1 Å². The van der Waals surface area contributed by atoms with Gasteiger partial charge in [-0.15, -0.1) is 5.10 Å². The Morgan fingerprint density at radius 1 is 1.30 bits per heavy atom. The molecule has 0 amide bonds. The van der Waals surface area contributed by atoms with Crippen molar-refractivity contribution in [3.63, 3.8) is 0 Å². The van der Waals surface area contributed by atoms with Crippen molar-refractivity contribution in [2.45, 2.75) is 38.6 Å². The molecule has 3 aliphatic rings. The van der Waals surface area contributed by atoms with Crippen LogP contribution in [0, 0.1) is 17.8 Å². The number of halogens is 1. The fraction of sp³-hybridized carbons (Fsp3) is 0.556. The monoisotopic (exact) mass is 392 g/mol. The van der Waals surface area contributed by atoms with Crippen LogP contribution in [0.4, 0.5) is 5.82 Å². The van der Waals surface area contributed by atoms with Crippen LogP contribution in [-0.2, 0) is 9.53 Å². The summed E-state index contributed by atoms with van der Waals surface area (Å²) in [6.07, 6.45) is 4.16. The quantitative estimate of drug-likeness (QED) is 0.753. The van der Waals surface area contributed by atoms with Gasteiger partial charge in [0.05, 0.1) is 12.5 Å². The molecule has 9 heteroatoms. The van der Waals surface area contributed by atoms with Crippen LogP contribution in [0.2, 0.25) is 5.28 Å². The van der Waals surface area contributed by atoms with Gasteiger partial charge in [-0.3, -0.25) is 4.79 Å². The van der Waals surface area contributed by atoms with Gasteiger partial charge in [0.25, 0.3) is 0 Å². The second kappa shape index (κ2) is 6.99. The summed E-state index contributed by atoms with van der Waals surface area (Å²) in [6.45, 7) is 2.16. The summed E-state index contributed by atoms with van der Waals surface area (Å²) in [5.41, 5.74) is 0.519. The van der Waals surface area contributed by atoms with E-state index in [0.29, 0.717) is 29.8 Å². The van der Waals surface area contributed by atoms with Crippen LogP contribution >= 0.6 is 11.6 Å². The number of carboxylic acids is 1. The zero-order valence-electron chi connectivity index (χ0n) is 14.9. The Hall–Kier alpha value is -2.35. The highest BCUT2D eigenvalue weighted by Crippen LogP contribution is 2.47. The Balaban J connectivity index is 1.71. The minimum absolute atomic E-state index is 0.00413. The molecule has 5 rings (SSSR count). The molecule has 0 spiro atoms. The average molecular weight is 393 g/mol. The Bertz CT molecular complexity index is 891. The standard InChI is InChI=1S/C18H21ClN4O4/c1-2-27-17(26)13-9-3-5-10(6-4-9)14(13)20-15-11-7-8-12(16(24)25)23(11)22-18(19)21-15/h7-10,13-14H,2-6H2,1H3,(H,24,25)(H,20,21,22)/t9?,10?,13-,14-/m0/s1. The highest BCUT2D eigenvalue weighted by Gasteiger charge is 2.48. The number of esters is 1. The van der Waals surface area contributed by atoms with Crippen LogP contribution in [0.25, 0.3) is 5.52 Å². The fourth-order valence-electron chi connectivity index (χ4n) is 4.63. The number of carboxylic acid groups (broad SMARTS) is 1. The lowest BCUT2D eigenvalue weighted by atomic mass is 9.61. The third-order valence-corrected chi connectivity index (χ3v) is 5.95. The van der Waals surface area contributed by atoms with E-state index in [1.807, 2.05) is 6.92 Å². The van der Waals surface area contributed by atoms with Crippen molar-refractivity contribution in [2.75, 3.05) is 11.9 Å². The number of ether oxygens (including phenoxy) is 1. The number of nitrogens with zero attached hydrogens (tertiary/aromatic N) is 3. The van der Waals surface area contributed by atoms with E-state index in [0.717, 1.165) is 25.7 Å². The summed E-state index contributed by atoms with van der Waals surface area (Å²) in [6, 6.07) is 2.99. The van der Waals surface area contributed by atoms with Crippen molar-refractivity contribution in [3.8, 4) is 0 Å². The first-order chi connectivity index (χ1) is 13.0. The van der Waals surface area contributed by atoms with Crippen LogP contribution in [-0.4, -0.2) is 44.3 Å². The number of fused-ring (bicyclic) bond motifs is 4. The third-order valence-electron chi connectivity index (χ3n) is 5.79. The molecule has 0 aromatic carbocycles. The van der Waals surface area contributed by atoms with Gasteiger partial charge in [0.1, 0.15) is 5.52 Å². The Morgan fingerprint density at radius 2 is 2.00 bits per heavy atom. The predicted molar refractivity (Wildman–Crippen MR) is 97.9 cm³/mol. The van der Waals surface area contributed by atoms with Gasteiger partial charge in [-0.25, -0.2) is 9.31 Å². The highest BCUT2D eigenvalue weighted by atomic mass is 35.5. The Kier molecular flexibility index (Phi) is 4.67. The van der Waals surface area contributed by atoms with Crippen molar-refractivity contribution in [1.29, 1.82) is 0 Å². The largest absolute Gasteiger partial charge is 0.477 e. The van der Waals surface area contributed by atoms with Gasteiger partial charge < -0.3 is 15.2 Å². The molecule has 2 atom stereocenters. The van der Waals surface area contributed by atoms with Crippen molar-refractivity contribution >= 4 is 34.9 Å². The molecule has 2 aromatic heterocycles. The molecule has 2 bridgehead atoms. The Labute approximate surface area is 160 Å².